The number of amides is 3. The lowest BCUT2D eigenvalue weighted by Crippen LogP contribution is -2.52. The number of benzene rings is 1. The first-order valence-corrected chi connectivity index (χ1v) is 8.38. The number of rotatable bonds is 1. The molecule has 4 rings (SSSR count). The minimum absolute atomic E-state index is 0.126. The number of nitrogens with one attached hydrogen (secondary N) is 1. The molecule has 1 atom stereocenters. The van der Waals surface area contributed by atoms with E-state index in [0.29, 0.717) is 23.5 Å². The van der Waals surface area contributed by atoms with Crippen molar-refractivity contribution in [3.63, 3.8) is 0 Å². The largest absolute Gasteiger partial charge is 0.453 e. The number of piperidine rings is 1. The van der Waals surface area contributed by atoms with Crippen LogP contribution < -0.4 is 14.8 Å². The van der Waals surface area contributed by atoms with Gasteiger partial charge in [0, 0.05) is 23.1 Å². The first-order valence-electron chi connectivity index (χ1n) is 8.38. The van der Waals surface area contributed by atoms with Crippen LogP contribution in [0.1, 0.15) is 55.1 Å². The number of nitrogens with zero attached hydrogens (tertiary/aromatic N) is 1. The molecular formula is C18H20N2O5. The van der Waals surface area contributed by atoms with Crippen molar-refractivity contribution in [2.75, 3.05) is 6.79 Å². The van der Waals surface area contributed by atoms with E-state index in [1.165, 1.54) is 4.90 Å². The molecule has 0 saturated carbocycles. The molecule has 0 aliphatic carbocycles. The highest BCUT2D eigenvalue weighted by Gasteiger charge is 2.43. The summed E-state index contributed by atoms with van der Waals surface area (Å²) in [7, 11) is 0. The van der Waals surface area contributed by atoms with Crippen LogP contribution in [0, 0.1) is 0 Å². The lowest BCUT2D eigenvalue weighted by molar-refractivity contribution is -0.136. The van der Waals surface area contributed by atoms with Crippen molar-refractivity contribution in [1.82, 2.24) is 10.2 Å². The highest BCUT2D eigenvalue weighted by Crippen LogP contribution is 2.48. The van der Waals surface area contributed by atoms with Gasteiger partial charge in [-0.3, -0.25) is 19.7 Å². The van der Waals surface area contributed by atoms with Crippen LogP contribution in [0.5, 0.6) is 11.5 Å². The predicted octanol–water partition coefficient (Wildman–Crippen LogP) is 1.47. The third-order valence-corrected chi connectivity index (χ3v) is 4.96. The van der Waals surface area contributed by atoms with E-state index in [1.807, 2.05) is 26.8 Å². The lowest BCUT2D eigenvalue weighted by Gasteiger charge is -2.29. The third kappa shape index (κ3) is 2.37. The average molecular weight is 344 g/mol. The molecule has 1 aromatic rings. The first kappa shape index (κ1) is 15.9. The van der Waals surface area contributed by atoms with E-state index in [4.69, 9.17) is 9.47 Å². The number of hydrogen-bond acceptors (Lipinski definition) is 5. The summed E-state index contributed by atoms with van der Waals surface area (Å²) in [4.78, 5) is 38.0. The molecular weight excluding hydrogens is 324 g/mol. The van der Waals surface area contributed by atoms with E-state index in [9.17, 15) is 14.4 Å². The minimum atomic E-state index is -0.631. The van der Waals surface area contributed by atoms with Gasteiger partial charge in [0.25, 0.3) is 5.91 Å². The van der Waals surface area contributed by atoms with E-state index < -0.39 is 11.9 Å². The van der Waals surface area contributed by atoms with Crippen LogP contribution in [-0.2, 0) is 21.5 Å². The molecule has 0 radical (unpaired) electrons. The third-order valence-electron chi connectivity index (χ3n) is 4.96. The van der Waals surface area contributed by atoms with Crippen molar-refractivity contribution in [3.05, 3.63) is 22.8 Å². The summed E-state index contributed by atoms with van der Waals surface area (Å²) in [6.07, 6.45) is 0.581. The molecule has 0 spiro atoms. The summed E-state index contributed by atoms with van der Waals surface area (Å²) >= 11 is 0. The van der Waals surface area contributed by atoms with E-state index in [0.717, 1.165) is 11.1 Å². The highest BCUT2D eigenvalue weighted by molar-refractivity contribution is 6.06. The molecule has 7 nitrogen and oxygen atoms in total. The molecule has 0 aromatic heterocycles. The Hall–Kier alpha value is -2.57. The Balaban J connectivity index is 1.75. The monoisotopic (exact) mass is 344 g/mol. The van der Waals surface area contributed by atoms with Gasteiger partial charge in [-0.15, -0.1) is 0 Å². The topological polar surface area (TPSA) is 84.9 Å². The molecule has 3 aliphatic heterocycles. The van der Waals surface area contributed by atoms with Crippen molar-refractivity contribution in [3.8, 4) is 11.5 Å². The number of ether oxygens (including phenoxy) is 2. The molecule has 3 aliphatic rings. The smallest absolute Gasteiger partial charge is 0.255 e. The van der Waals surface area contributed by atoms with E-state index in [-0.39, 0.29) is 37.0 Å². The Morgan fingerprint density at radius 1 is 1.16 bits per heavy atom. The van der Waals surface area contributed by atoms with Gasteiger partial charge < -0.3 is 14.4 Å². The van der Waals surface area contributed by atoms with Crippen LogP contribution in [-0.4, -0.2) is 35.5 Å². The molecule has 0 bridgehead atoms. The van der Waals surface area contributed by atoms with Crippen LogP contribution >= 0.6 is 0 Å². The van der Waals surface area contributed by atoms with Gasteiger partial charge in [0.2, 0.25) is 18.6 Å². The molecule has 1 saturated heterocycles. The molecule has 1 aromatic carbocycles. The summed E-state index contributed by atoms with van der Waals surface area (Å²) in [6.45, 7) is 6.56. The summed E-state index contributed by atoms with van der Waals surface area (Å²) in [6, 6.07) is 1.23. The molecule has 25 heavy (non-hydrogen) atoms. The number of carbonyl (C=O) groups excluding carboxylic acids is 3. The number of carbonyl (C=O) groups is 3. The number of imide groups is 1. The molecule has 1 unspecified atom stereocenters. The van der Waals surface area contributed by atoms with Crippen molar-refractivity contribution in [2.24, 2.45) is 0 Å². The minimum Gasteiger partial charge on any atom is -0.453 e. The molecule has 7 heteroatoms. The fourth-order valence-corrected chi connectivity index (χ4v) is 3.65. The zero-order valence-electron chi connectivity index (χ0n) is 14.5. The van der Waals surface area contributed by atoms with Crippen LogP contribution in [0.4, 0.5) is 0 Å². The summed E-state index contributed by atoms with van der Waals surface area (Å²) in [5.41, 5.74) is 2.01. The van der Waals surface area contributed by atoms with Gasteiger partial charge in [-0.25, -0.2) is 0 Å². The van der Waals surface area contributed by atoms with Gasteiger partial charge >= 0.3 is 0 Å². The van der Waals surface area contributed by atoms with Crippen molar-refractivity contribution in [2.45, 2.75) is 51.6 Å². The lowest BCUT2D eigenvalue weighted by atomic mass is 9.84. The van der Waals surface area contributed by atoms with Crippen molar-refractivity contribution < 1.29 is 23.9 Å². The highest BCUT2D eigenvalue weighted by atomic mass is 16.7. The van der Waals surface area contributed by atoms with Crippen LogP contribution in [0.3, 0.4) is 0 Å². The maximum absolute atomic E-state index is 13.0. The zero-order chi connectivity index (χ0) is 17.9. The fraction of sp³-hybridized carbons (Fsp3) is 0.500. The summed E-state index contributed by atoms with van der Waals surface area (Å²) < 4.78 is 11.3. The zero-order valence-corrected chi connectivity index (χ0v) is 14.5. The Bertz CT molecular complexity index is 809. The maximum atomic E-state index is 13.0. The van der Waals surface area contributed by atoms with Crippen LogP contribution in [0.25, 0.3) is 0 Å². The van der Waals surface area contributed by atoms with Gasteiger partial charge in [-0.05, 0) is 17.9 Å². The molecule has 1 fully saturated rings. The summed E-state index contributed by atoms with van der Waals surface area (Å²) in [5.74, 6) is 0.378. The fourth-order valence-electron chi connectivity index (χ4n) is 3.65. The second-order valence-corrected chi connectivity index (χ2v) is 7.66. The van der Waals surface area contributed by atoms with Crippen molar-refractivity contribution >= 4 is 17.7 Å². The second kappa shape index (κ2) is 5.21. The SMILES string of the molecule is CC(C)(C)c1cc2c(c3c1OCO3)CN(C1CCC(=O)NC1=O)C2=O. The van der Waals surface area contributed by atoms with Crippen molar-refractivity contribution in [1.29, 1.82) is 0 Å². The Morgan fingerprint density at radius 2 is 1.88 bits per heavy atom. The van der Waals surface area contributed by atoms with Gasteiger partial charge in [0.15, 0.2) is 11.5 Å². The molecule has 1 N–H and O–H groups in total. The quantitative estimate of drug-likeness (QED) is 0.780. The van der Waals surface area contributed by atoms with Gasteiger partial charge in [0.1, 0.15) is 6.04 Å². The standard InChI is InChI=1S/C18H20N2O5/c1-18(2,3)11-6-9-10(14-15(11)25-8-24-14)7-20(17(9)23)12-4-5-13(21)19-16(12)22/h6,12H,4-5,7-8H2,1-3H3,(H,19,21,22). The van der Waals surface area contributed by atoms with E-state index in [1.54, 1.807) is 0 Å². The van der Waals surface area contributed by atoms with Gasteiger partial charge in [-0.1, -0.05) is 20.8 Å². The van der Waals surface area contributed by atoms with Gasteiger partial charge in [-0.2, -0.15) is 0 Å². The maximum Gasteiger partial charge on any atom is 0.255 e. The Kier molecular flexibility index (Phi) is 3.32. The molecule has 3 amide bonds. The second-order valence-electron chi connectivity index (χ2n) is 7.66. The van der Waals surface area contributed by atoms with E-state index >= 15 is 0 Å². The normalized spacial score (nSPS) is 22.3. The number of fused-ring (bicyclic) bond motifs is 3. The first-order chi connectivity index (χ1) is 11.8. The van der Waals surface area contributed by atoms with Crippen LogP contribution in [0.2, 0.25) is 0 Å². The Morgan fingerprint density at radius 3 is 2.56 bits per heavy atom. The summed E-state index contributed by atoms with van der Waals surface area (Å²) in [5, 5.41) is 2.31. The Labute approximate surface area is 145 Å². The van der Waals surface area contributed by atoms with Gasteiger partial charge in [0.05, 0.1) is 6.54 Å². The average Bonchev–Trinajstić information content (AvgIpc) is 3.11. The molecule has 3 heterocycles. The van der Waals surface area contributed by atoms with Crippen LogP contribution in [0.15, 0.2) is 6.07 Å². The predicted molar refractivity (Wildman–Crippen MR) is 87.3 cm³/mol. The molecule has 132 valence electrons. The van der Waals surface area contributed by atoms with E-state index in [2.05, 4.69) is 5.32 Å². The number of hydrogen-bond donors (Lipinski definition) is 1.